The Morgan fingerprint density at radius 3 is 2.81 bits per heavy atom. The molecule has 0 atom stereocenters. The lowest BCUT2D eigenvalue weighted by molar-refractivity contribution is 0.328. The zero-order valence-corrected chi connectivity index (χ0v) is 10.3. The SMILES string of the molecule is CC(C)(CS)Cn1nc2ccccn2c1=O. The van der Waals surface area contributed by atoms with Gasteiger partial charge >= 0.3 is 5.69 Å². The van der Waals surface area contributed by atoms with Gasteiger partial charge in [-0.15, -0.1) is 5.10 Å². The Morgan fingerprint density at radius 2 is 2.19 bits per heavy atom. The van der Waals surface area contributed by atoms with E-state index >= 15 is 0 Å². The summed E-state index contributed by atoms with van der Waals surface area (Å²) in [4.78, 5) is 12.0. The highest BCUT2D eigenvalue weighted by Crippen LogP contribution is 2.18. The molecule has 4 nitrogen and oxygen atoms in total. The molecule has 2 rings (SSSR count). The van der Waals surface area contributed by atoms with Crippen molar-refractivity contribution in [2.75, 3.05) is 5.75 Å². The molecule has 0 fully saturated rings. The number of thiol groups is 1. The number of pyridine rings is 1. The molecule has 2 aromatic rings. The summed E-state index contributed by atoms with van der Waals surface area (Å²) in [5.41, 5.74) is 0.554. The molecule has 0 saturated carbocycles. The minimum Gasteiger partial charge on any atom is -0.250 e. The van der Waals surface area contributed by atoms with Gasteiger partial charge in [-0.3, -0.25) is 4.40 Å². The van der Waals surface area contributed by atoms with Crippen LogP contribution < -0.4 is 5.69 Å². The number of nitrogens with zero attached hydrogens (tertiary/aromatic N) is 3. The number of aromatic nitrogens is 3. The highest BCUT2D eigenvalue weighted by molar-refractivity contribution is 7.80. The Bertz CT molecular complexity index is 556. The molecule has 0 radical (unpaired) electrons. The van der Waals surface area contributed by atoms with E-state index in [4.69, 9.17) is 0 Å². The van der Waals surface area contributed by atoms with Crippen LogP contribution in [0.4, 0.5) is 0 Å². The zero-order valence-electron chi connectivity index (χ0n) is 9.42. The van der Waals surface area contributed by atoms with Gasteiger partial charge in [-0.05, 0) is 23.3 Å². The van der Waals surface area contributed by atoms with Crippen molar-refractivity contribution in [3.05, 3.63) is 34.9 Å². The average molecular weight is 237 g/mol. The molecule has 2 aromatic heterocycles. The molecule has 0 saturated heterocycles. The average Bonchev–Trinajstić information content (AvgIpc) is 2.56. The Morgan fingerprint density at radius 1 is 1.44 bits per heavy atom. The highest BCUT2D eigenvalue weighted by Gasteiger charge is 2.19. The number of hydrogen-bond acceptors (Lipinski definition) is 3. The van der Waals surface area contributed by atoms with Gasteiger partial charge in [0.2, 0.25) is 0 Å². The van der Waals surface area contributed by atoms with Crippen molar-refractivity contribution in [1.82, 2.24) is 14.2 Å². The summed E-state index contributed by atoms with van der Waals surface area (Å²) in [6.07, 6.45) is 1.73. The van der Waals surface area contributed by atoms with Crippen molar-refractivity contribution in [3.63, 3.8) is 0 Å². The maximum atomic E-state index is 12.0. The molecule has 0 unspecified atom stereocenters. The molecule has 86 valence electrons. The van der Waals surface area contributed by atoms with Gasteiger partial charge < -0.3 is 0 Å². The fourth-order valence-electron chi connectivity index (χ4n) is 1.53. The summed E-state index contributed by atoms with van der Waals surface area (Å²) in [6.45, 7) is 4.71. The van der Waals surface area contributed by atoms with Gasteiger partial charge in [0.1, 0.15) is 0 Å². The van der Waals surface area contributed by atoms with Gasteiger partial charge in [0, 0.05) is 6.20 Å². The summed E-state index contributed by atoms with van der Waals surface area (Å²) >= 11 is 4.28. The van der Waals surface area contributed by atoms with E-state index in [0.29, 0.717) is 17.9 Å². The lowest BCUT2D eigenvalue weighted by Crippen LogP contribution is -2.30. The maximum Gasteiger partial charge on any atom is 0.350 e. The van der Waals surface area contributed by atoms with Gasteiger partial charge in [-0.1, -0.05) is 19.9 Å². The van der Waals surface area contributed by atoms with Crippen molar-refractivity contribution < 1.29 is 0 Å². The number of hydrogen-bond donors (Lipinski definition) is 1. The molecule has 0 aliphatic heterocycles. The first-order chi connectivity index (χ1) is 7.53. The van der Waals surface area contributed by atoms with E-state index in [2.05, 4.69) is 31.6 Å². The summed E-state index contributed by atoms with van der Waals surface area (Å²) in [5, 5.41) is 4.28. The smallest absolute Gasteiger partial charge is 0.250 e. The Kier molecular flexibility index (Phi) is 2.80. The van der Waals surface area contributed by atoms with E-state index in [1.807, 2.05) is 18.2 Å². The second-order valence-electron chi connectivity index (χ2n) is 4.69. The third kappa shape index (κ3) is 2.00. The summed E-state index contributed by atoms with van der Waals surface area (Å²) in [5.74, 6) is 0.716. The minimum absolute atomic E-state index is 0.0368. The largest absolute Gasteiger partial charge is 0.350 e. The van der Waals surface area contributed by atoms with Crippen LogP contribution in [0, 0.1) is 5.41 Å². The third-order valence-electron chi connectivity index (χ3n) is 2.49. The Labute approximate surface area is 99.3 Å². The summed E-state index contributed by atoms with van der Waals surface area (Å²) in [6, 6.07) is 5.52. The van der Waals surface area contributed by atoms with Gasteiger partial charge in [-0.25, -0.2) is 9.48 Å². The molecule has 0 amide bonds. The van der Waals surface area contributed by atoms with Gasteiger partial charge in [0.25, 0.3) is 0 Å². The van der Waals surface area contributed by atoms with Crippen molar-refractivity contribution in [3.8, 4) is 0 Å². The highest BCUT2D eigenvalue weighted by atomic mass is 32.1. The summed E-state index contributed by atoms with van der Waals surface area (Å²) in [7, 11) is 0. The second-order valence-corrected chi connectivity index (χ2v) is 5.01. The van der Waals surface area contributed by atoms with Gasteiger partial charge in [-0.2, -0.15) is 12.6 Å². The molecular formula is C11H15N3OS. The molecule has 0 N–H and O–H groups in total. The monoisotopic (exact) mass is 237 g/mol. The second kappa shape index (κ2) is 3.97. The van der Waals surface area contributed by atoms with Crippen molar-refractivity contribution in [2.24, 2.45) is 5.41 Å². The van der Waals surface area contributed by atoms with E-state index < -0.39 is 0 Å². The van der Waals surface area contributed by atoms with Crippen LogP contribution in [0.25, 0.3) is 5.65 Å². The quantitative estimate of drug-likeness (QED) is 0.821. The van der Waals surface area contributed by atoms with Crippen LogP contribution >= 0.6 is 12.6 Å². The molecule has 5 heteroatoms. The lowest BCUT2D eigenvalue weighted by Gasteiger charge is -2.20. The normalized spacial score (nSPS) is 12.2. The molecular weight excluding hydrogens is 222 g/mol. The first-order valence-corrected chi connectivity index (χ1v) is 5.82. The molecule has 0 aliphatic carbocycles. The van der Waals surface area contributed by atoms with Crippen LogP contribution in [0.3, 0.4) is 0 Å². The third-order valence-corrected chi connectivity index (χ3v) is 3.35. The molecule has 0 bridgehead atoms. The molecule has 16 heavy (non-hydrogen) atoms. The fourth-order valence-corrected chi connectivity index (χ4v) is 1.63. The first kappa shape index (κ1) is 11.3. The number of rotatable bonds is 3. The van der Waals surface area contributed by atoms with E-state index in [1.165, 1.54) is 4.68 Å². The molecule has 0 spiro atoms. The van der Waals surface area contributed by atoms with Crippen LogP contribution in [0.5, 0.6) is 0 Å². The minimum atomic E-state index is -0.0922. The van der Waals surface area contributed by atoms with Gasteiger partial charge in [0.15, 0.2) is 5.65 Å². The van der Waals surface area contributed by atoms with E-state index in [9.17, 15) is 4.79 Å². The van der Waals surface area contributed by atoms with E-state index in [1.54, 1.807) is 10.6 Å². The van der Waals surface area contributed by atoms with Crippen LogP contribution in [-0.4, -0.2) is 19.9 Å². The maximum absolute atomic E-state index is 12.0. The summed E-state index contributed by atoms with van der Waals surface area (Å²) < 4.78 is 3.06. The van der Waals surface area contributed by atoms with Gasteiger partial charge in [0.05, 0.1) is 6.54 Å². The predicted molar refractivity (Wildman–Crippen MR) is 67.1 cm³/mol. The number of fused-ring (bicyclic) bond motifs is 1. The Balaban J connectivity index is 2.47. The topological polar surface area (TPSA) is 39.3 Å². The van der Waals surface area contributed by atoms with Crippen LogP contribution in [0.2, 0.25) is 0 Å². The molecule has 0 aliphatic rings. The van der Waals surface area contributed by atoms with E-state index in [-0.39, 0.29) is 11.1 Å². The van der Waals surface area contributed by atoms with Crippen molar-refractivity contribution in [2.45, 2.75) is 20.4 Å². The van der Waals surface area contributed by atoms with E-state index in [0.717, 1.165) is 0 Å². The van der Waals surface area contributed by atoms with Crippen molar-refractivity contribution in [1.29, 1.82) is 0 Å². The lowest BCUT2D eigenvalue weighted by atomic mass is 9.97. The fraction of sp³-hybridized carbons (Fsp3) is 0.455. The zero-order chi connectivity index (χ0) is 11.8. The van der Waals surface area contributed by atoms with Crippen LogP contribution in [0.15, 0.2) is 29.2 Å². The Hall–Kier alpha value is -1.23. The van der Waals surface area contributed by atoms with Crippen LogP contribution in [0.1, 0.15) is 13.8 Å². The van der Waals surface area contributed by atoms with Crippen molar-refractivity contribution >= 4 is 18.3 Å². The van der Waals surface area contributed by atoms with Crippen LogP contribution in [-0.2, 0) is 6.54 Å². The first-order valence-electron chi connectivity index (χ1n) is 5.18. The molecule has 0 aromatic carbocycles. The standard InChI is InChI=1S/C11H15N3OS/c1-11(2,8-16)7-14-10(15)13-6-4-3-5-9(13)12-14/h3-6,16H,7-8H2,1-2H3. The predicted octanol–water partition coefficient (Wildman–Crippen LogP) is 1.45. The molecule has 2 heterocycles.